The second-order valence-electron chi connectivity index (χ2n) is 6.69. The van der Waals surface area contributed by atoms with E-state index < -0.39 is 0 Å². The number of anilines is 1. The highest BCUT2D eigenvalue weighted by Gasteiger charge is 2.41. The first kappa shape index (κ1) is 15.2. The van der Waals surface area contributed by atoms with Gasteiger partial charge in [0.15, 0.2) is 0 Å². The maximum atomic E-state index is 12.6. The fourth-order valence-corrected chi connectivity index (χ4v) is 3.55. The minimum atomic E-state index is -0.362. The molecule has 2 aliphatic rings. The van der Waals surface area contributed by atoms with E-state index in [1.54, 1.807) is 0 Å². The van der Waals surface area contributed by atoms with Gasteiger partial charge in [0.1, 0.15) is 0 Å². The van der Waals surface area contributed by atoms with E-state index in [-0.39, 0.29) is 24.3 Å². The SMILES string of the molecule is Cc1ccc(N2C(=O)C[C@H](N[C@@H]3CCCC[C@@H]3C)C2=O)cc1. The van der Waals surface area contributed by atoms with Crippen molar-refractivity contribution in [2.75, 3.05) is 4.90 Å². The molecule has 1 aliphatic heterocycles. The first-order chi connectivity index (χ1) is 10.6. The third-order valence-corrected chi connectivity index (χ3v) is 4.97. The average Bonchev–Trinajstić information content (AvgIpc) is 2.77. The lowest BCUT2D eigenvalue weighted by atomic mass is 9.85. The van der Waals surface area contributed by atoms with Crippen LogP contribution in [0.1, 0.15) is 44.6 Å². The largest absolute Gasteiger partial charge is 0.302 e. The molecule has 1 saturated heterocycles. The van der Waals surface area contributed by atoms with Gasteiger partial charge in [0.25, 0.3) is 5.91 Å². The van der Waals surface area contributed by atoms with Crippen LogP contribution in [-0.4, -0.2) is 23.9 Å². The smallest absolute Gasteiger partial charge is 0.251 e. The Morgan fingerprint density at radius 1 is 1.09 bits per heavy atom. The Hall–Kier alpha value is -1.68. The van der Waals surface area contributed by atoms with Crippen molar-refractivity contribution in [3.05, 3.63) is 29.8 Å². The van der Waals surface area contributed by atoms with E-state index >= 15 is 0 Å². The van der Waals surface area contributed by atoms with Gasteiger partial charge < -0.3 is 5.32 Å². The van der Waals surface area contributed by atoms with E-state index in [0.717, 1.165) is 12.0 Å². The zero-order valence-electron chi connectivity index (χ0n) is 13.3. The number of imide groups is 1. The number of rotatable bonds is 3. The van der Waals surface area contributed by atoms with E-state index in [9.17, 15) is 9.59 Å². The summed E-state index contributed by atoms with van der Waals surface area (Å²) in [5.74, 6) is 0.367. The topological polar surface area (TPSA) is 49.4 Å². The van der Waals surface area contributed by atoms with Gasteiger partial charge in [-0.25, -0.2) is 4.90 Å². The number of carbonyl (C=O) groups is 2. The predicted molar refractivity (Wildman–Crippen MR) is 86.6 cm³/mol. The van der Waals surface area contributed by atoms with Crippen molar-refractivity contribution in [2.24, 2.45) is 5.92 Å². The van der Waals surface area contributed by atoms with Crippen molar-refractivity contribution in [3.63, 3.8) is 0 Å². The molecule has 1 aliphatic carbocycles. The predicted octanol–water partition coefficient (Wildman–Crippen LogP) is 2.80. The van der Waals surface area contributed by atoms with Crippen molar-refractivity contribution < 1.29 is 9.59 Å². The van der Waals surface area contributed by atoms with Gasteiger partial charge in [-0.1, -0.05) is 37.5 Å². The van der Waals surface area contributed by atoms with E-state index in [1.807, 2.05) is 31.2 Å². The van der Waals surface area contributed by atoms with Crippen molar-refractivity contribution in [3.8, 4) is 0 Å². The number of nitrogens with zero attached hydrogens (tertiary/aromatic N) is 1. The molecular weight excluding hydrogens is 276 g/mol. The Balaban J connectivity index is 1.72. The zero-order valence-corrected chi connectivity index (χ0v) is 13.3. The monoisotopic (exact) mass is 300 g/mol. The van der Waals surface area contributed by atoms with Crippen molar-refractivity contribution in [1.29, 1.82) is 0 Å². The van der Waals surface area contributed by atoms with Gasteiger partial charge in [-0.15, -0.1) is 0 Å². The average molecular weight is 300 g/mol. The highest BCUT2D eigenvalue weighted by molar-refractivity contribution is 6.22. The van der Waals surface area contributed by atoms with Crippen molar-refractivity contribution >= 4 is 17.5 Å². The molecule has 2 fully saturated rings. The van der Waals surface area contributed by atoms with Gasteiger partial charge in [0.05, 0.1) is 18.2 Å². The summed E-state index contributed by atoms with van der Waals surface area (Å²) in [4.78, 5) is 26.2. The van der Waals surface area contributed by atoms with Crippen LogP contribution in [0.4, 0.5) is 5.69 Å². The summed E-state index contributed by atoms with van der Waals surface area (Å²) in [5, 5.41) is 3.45. The van der Waals surface area contributed by atoms with Crippen LogP contribution in [0.15, 0.2) is 24.3 Å². The summed E-state index contributed by atoms with van der Waals surface area (Å²) in [5.41, 5.74) is 1.80. The Morgan fingerprint density at radius 3 is 2.45 bits per heavy atom. The number of hydrogen-bond acceptors (Lipinski definition) is 3. The highest BCUT2D eigenvalue weighted by atomic mass is 16.2. The van der Waals surface area contributed by atoms with Crippen LogP contribution in [0.3, 0.4) is 0 Å². The maximum Gasteiger partial charge on any atom is 0.251 e. The van der Waals surface area contributed by atoms with Gasteiger partial charge >= 0.3 is 0 Å². The zero-order chi connectivity index (χ0) is 15.7. The molecular formula is C18H24N2O2. The molecule has 1 aromatic carbocycles. The summed E-state index contributed by atoms with van der Waals surface area (Å²) in [6.45, 7) is 4.22. The number of carbonyl (C=O) groups excluding carboxylic acids is 2. The molecule has 1 saturated carbocycles. The summed E-state index contributed by atoms with van der Waals surface area (Å²) in [6, 6.07) is 7.54. The minimum Gasteiger partial charge on any atom is -0.302 e. The summed E-state index contributed by atoms with van der Waals surface area (Å²) in [6.07, 6.45) is 5.05. The van der Waals surface area contributed by atoms with Gasteiger partial charge in [-0.3, -0.25) is 9.59 Å². The minimum absolute atomic E-state index is 0.102. The van der Waals surface area contributed by atoms with E-state index in [0.29, 0.717) is 17.6 Å². The lowest BCUT2D eigenvalue weighted by Crippen LogP contribution is -2.47. The number of nitrogens with one attached hydrogen (secondary N) is 1. The molecule has 1 heterocycles. The quantitative estimate of drug-likeness (QED) is 0.873. The second-order valence-corrected chi connectivity index (χ2v) is 6.69. The van der Waals surface area contributed by atoms with E-state index in [4.69, 9.17) is 0 Å². The summed E-state index contributed by atoms with van der Waals surface area (Å²) >= 11 is 0. The van der Waals surface area contributed by atoms with Gasteiger partial charge in [0.2, 0.25) is 5.91 Å². The Bertz CT molecular complexity index is 567. The van der Waals surface area contributed by atoms with Crippen molar-refractivity contribution in [1.82, 2.24) is 5.32 Å². The van der Waals surface area contributed by atoms with Crippen LogP contribution in [0.2, 0.25) is 0 Å². The first-order valence-electron chi connectivity index (χ1n) is 8.26. The lowest BCUT2D eigenvalue weighted by molar-refractivity contribution is -0.121. The standard InChI is InChI=1S/C18H24N2O2/c1-12-7-9-14(10-8-12)20-17(21)11-16(18(20)22)19-15-6-4-3-5-13(15)2/h7-10,13,15-16,19H,3-6,11H2,1-2H3/t13-,15+,16-/m0/s1. The third-order valence-electron chi connectivity index (χ3n) is 4.97. The first-order valence-corrected chi connectivity index (χ1v) is 8.26. The second kappa shape index (κ2) is 6.21. The molecule has 3 atom stereocenters. The normalized spacial score (nSPS) is 29.2. The van der Waals surface area contributed by atoms with Gasteiger partial charge in [0, 0.05) is 6.04 Å². The Labute approximate surface area is 131 Å². The Morgan fingerprint density at radius 2 is 1.77 bits per heavy atom. The Kier molecular flexibility index (Phi) is 4.30. The summed E-state index contributed by atoms with van der Waals surface area (Å²) < 4.78 is 0. The molecule has 2 amide bonds. The van der Waals surface area contributed by atoms with Crippen LogP contribution >= 0.6 is 0 Å². The van der Waals surface area contributed by atoms with Crippen LogP contribution in [0, 0.1) is 12.8 Å². The fourth-order valence-electron chi connectivity index (χ4n) is 3.55. The number of hydrogen-bond donors (Lipinski definition) is 1. The molecule has 0 spiro atoms. The van der Waals surface area contributed by atoms with Crippen molar-refractivity contribution in [2.45, 2.75) is 58.0 Å². The highest BCUT2D eigenvalue weighted by Crippen LogP contribution is 2.27. The molecule has 0 bridgehead atoms. The van der Waals surface area contributed by atoms with Crippen LogP contribution in [0.25, 0.3) is 0 Å². The molecule has 22 heavy (non-hydrogen) atoms. The van der Waals surface area contributed by atoms with Gasteiger partial charge in [-0.05, 0) is 37.8 Å². The van der Waals surface area contributed by atoms with E-state index in [2.05, 4.69) is 12.2 Å². The molecule has 3 rings (SSSR count). The molecule has 4 nitrogen and oxygen atoms in total. The van der Waals surface area contributed by atoms with Crippen LogP contribution < -0.4 is 10.2 Å². The lowest BCUT2D eigenvalue weighted by Gasteiger charge is -2.31. The molecule has 1 N–H and O–H groups in total. The van der Waals surface area contributed by atoms with Gasteiger partial charge in [-0.2, -0.15) is 0 Å². The summed E-state index contributed by atoms with van der Waals surface area (Å²) in [7, 11) is 0. The molecule has 0 radical (unpaired) electrons. The fraction of sp³-hybridized carbons (Fsp3) is 0.556. The molecule has 0 unspecified atom stereocenters. The molecule has 118 valence electrons. The molecule has 4 heteroatoms. The van der Waals surface area contributed by atoms with E-state index in [1.165, 1.54) is 24.2 Å². The number of aryl methyl sites for hydroxylation is 1. The maximum absolute atomic E-state index is 12.6. The molecule has 1 aromatic rings. The number of benzene rings is 1. The molecule has 0 aromatic heterocycles. The number of amides is 2. The van der Waals surface area contributed by atoms with Crippen LogP contribution in [0.5, 0.6) is 0 Å². The third kappa shape index (κ3) is 2.93. The van der Waals surface area contributed by atoms with Crippen LogP contribution in [-0.2, 0) is 9.59 Å².